The van der Waals surface area contributed by atoms with E-state index in [1.807, 2.05) is 0 Å². The summed E-state index contributed by atoms with van der Waals surface area (Å²) in [6.45, 7) is -0.113. The zero-order valence-electron chi connectivity index (χ0n) is 7.25. The minimum Gasteiger partial charge on any atom is -0.502 e. The molecule has 0 saturated heterocycles. The van der Waals surface area contributed by atoms with Crippen LogP contribution in [0.3, 0.4) is 0 Å². The van der Waals surface area contributed by atoms with Crippen molar-refractivity contribution in [2.24, 2.45) is 0 Å². The topological polar surface area (TPSA) is 83.6 Å². The molecule has 5 nitrogen and oxygen atoms in total. The minimum absolute atomic E-state index is 0.113. The molecule has 0 amide bonds. The number of hydrogen-bond acceptors (Lipinski definition) is 4. The largest absolute Gasteiger partial charge is 0.502 e. The fourth-order valence-corrected chi connectivity index (χ4v) is 0.987. The van der Waals surface area contributed by atoms with Crippen molar-refractivity contribution in [1.29, 1.82) is 0 Å². The van der Waals surface area contributed by atoms with Gasteiger partial charge >= 0.3 is 5.69 Å². The molecule has 0 saturated carbocycles. The first-order valence-corrected chi connectivity index (χ1v) is 3.90. The van der Waals surface area contributed by atoms with Crippen molar-refractivity contribution in [3.05, 3.63) is 40.0 Å². The maximum atomic E-state index is 10.3. The fourth-order valence-electron chi connectivity index (χ4n) is 0.987. The molecule has 0 aliphatic rings. The van der Waals surface area contributed by atoms with Crippen LogP contribution in [0.15, 0.2) is 24.3 Å². The molecule has 0 bridgehead atoms. The highest BCUT2D eigenvalue weighted by Gasteiger charge is 2.11. The average molecular weight is 195 g/mol. The summed E-state index contributed by atoms with van der Waals surface area (Å²) >= 11 is 0. The second-order valence-corrected chi connectivity index (χ2v) is 2.59. The normalized spacial score (nSPS) is 10.6. The maximum Gasteiger partial charge on any atom is 0.310 e. The number of aromatic hydroxyl groups is 1. The summed E-state index contributed by atoms with van der Waals surface area (Å²) in [5, 5.41) is 28.0. The van der Waals surface area contributed by atoms with Crippen LogP contribution in [0.25, 0.3) is 6.08 Å². The predicted octanol–water partition coefficient (Wildman–Crippen LogP) is 1.31. The molecular weight excluding hydrogens is 186 g/mol. The van der Waals surface area contributed by atoms with Crippen molar-refractivity contribution >= 4 is 11.8 Å². The first-order chi connectivity index (χ1) is 6.65. The minimum atomic E-state index is -0.658. The Bertz CT molecular complexity index is 373. The van der Waals surface area contributed by atoms with Crippen LogP contribution >= 0.6 is 0 Å². The number of hydrogen-bond donors (Lipinski definition) is 2. The Morgan fingerprint density at radius 2 is 2.21 bits per heavy atom. The van der Waals surface area contributed by atoms with Gasteiger partial charge in [0.15, 0.2) is 5.75 Å². The number of phenols is 1. The van der Waals surface area contributed by atoms with Gasteiger partial charge in [-0.25, -0.2) is 0 Å². The van der Waals surface area contributed by atoms with E-state index in [0.717, 1.165) is 0 Å². The molecule has 2 N–H and O–H groups in total. The molecular formula is C9H9NO4. The van der Waals surface area contributed by atoms with Crippen LogP contribution in [-0.4, -0.2) is 21.7 Å². The van der Waals surface area contributed by atoms with Gasteiger partial charge in [0.1, 0.15) is 0 Å². The summed E-state index contributed by atoms with van der Waals surface area (Å²) in [6, 6.07) is 3.97. The molecule has 74 valence electrons. The van der Waals surface area contributed by atoms with Crippen LogP contribution in [0.1, 0.15) is 5.56 Å². The molecule has 1 aromatic carbocycles. The molecule has 0 unspecified atom stereocenters. The molecule has 0 fully saturated rings. The lowest BCUT2D eigenvalue weighted by molar-refractivity contribution is -0.385. The molecule has 0 radical (unpaired) electrons. The average Bonchev–Trinajstić information content (AvgIpc) is 2.14. The van der Waals surface area contributed by atoms with Crippen molar-refractivity contribution in [3.8, 4) is 5.75 Å². The van der Waals surface area contributed by atoms with E-state index in [-0.39, 0.29) is 18.0 Å². The smallest absolute Gasteiger partial charge is 0.310 e. The Morgan fingerprint density at radius 1 is 1.50 bits per heavy atom. The molecule has 0 heterocycles. The third kappa shape index (κ3) is 2.30. The highest BCUT2D eigenvalue weighted by Crippen LogP contribution is 2.26. The van der Waals surface area contributed by atoms with E-state index in [0.29, 0.717) is 5.56 Å². The van der Waals surface area contributed by atoms with Crippen LogP contribution in [0.5, 0.6) is 5.75 Å². The van der Waals surface area contributed by atoms with Crippen LogP contribution < -0.4 is 0 Å². The molecule has 0 aliphatic heterocycles. The van der Waals surface area contributed by atoms with E-state index >= 15 is 0 Å². The van der Waals surface area contributed by atoms with Gasteiger partial charge in [0.05, 0.1) is 11.5 Å². The number of nitrogens with zero attached hydrogens (tertiary/aromatic N) is 1. The second-order valence-electron chi connectivity index (χ2n) is 2.59. The number of aliphatic hydroxyl groups is 1. The molecule has 1 rings (SSSR count). The zero-order chi connectivity index (χ0) is 10.6. The van der Waals surface area contributed by atoms with Gasteiger partial charge in [-0.05, 0) is 17.7 Å². The SMILES string of the molecule is O=[N+]([O-])c1ccc(C=CCO)cc1O. The van der Waals surface area contributed by atoms with E-state index in [1.54, 1.807) is 6.08 Å². The van der Waals surface area contributed by atoms with Gasteiger partial charge in [0, 0.05) is 6.07 Å². The summed E-state index contributed by atoms with van der Waals surface area (Å²) in [4.78, 5) is 9.68. The molecule has 5 heteroatoms. The lowest BCUT2D eigenvalue weighted by Crippen LogP contribution is -1.88. The molecule has 0 aromatic heterocycles. The van der Waals surface area contributed by atoms with Gasteiger partial charge in [0.2, 0.25) is 0 Å². The Morgan fingerprint density at radius 3 is 2.71 bits per heavy atom. The molecule has 0 spiro atoms. The third-order valence-electron chi connectivity index (χ3n) is 1.61. The number of rotatable bonds is 3. The van der Waals surface area contributed by atoms with Crippen molar-refractivity contribution < 1.29 is 15.1 Å². The fraction of sp³-hybridized carbons (Fsp3) is 0.111. The Balaban J connectivity index is 3.00. The van der Waals surface area contributed by atoms with Crippen LogP contribution in [-0.2, 0) is 0 Å². The number of aliphatic hydroxyl groups excluding tert-OH is 1. The lowest BCUT2D eigenvalue weighted by Gasteiger charge is -1.97. The highest BCUT2D eigenvalue weighted by molar-refractivity contribution is 5.57. The van der Waals surface area contributed by atoms with Gasteiger partial charge < -0.3 is 10.2 Å². The monoisotopic (exact) mass is 195 g/mol. The van der Waals surface area contributed by atoms with Crippen LogP contribution in [0.4, 0.5) is 5.69 Å². The van der Waals surface area contributed by atoms with Gasteiger partial charge in [-0.2, -0.15) is 0 Å². The Hall–Kier alpha value is -1.88. The number of benzene rings is 1. The van der Waals surface area contributed by atoms with E-state index in [1.165, 1.54) is 24.3 Å². The van der Waals surface area contributed by atoms with E-state index in [4.69, 9.17) is 5.11 Å². The maximum absolute atomic E-state index is 10.3. The Labute approximate surface area is 80.1 Å². The number of phenolic OH excluding ortho intramolecular Hbond substituents is 1. The summed E-state index contributed by atoms with van der Waals surface area (Å²) < 4.78 is 0. The molecule has 0 aliphatic carbocycles. The van der Waals surface area contributed by atoms with Crippen molar-refractivity contribution in [1.82, 2.24) is 0 Å². The summed E-state index contributed by atoms with van der Waals surface area (Å²) in [5.41, 5.74) is 0.272. The van der Waals surface area contributed by atoms with Crippen molar-refractivity contribution in [3.63, 3.8) is 0 Å². The first-order valence-electron chi connectivity index (χ1n) is 3.90. The second kappa shape index (κ2) is 4.38. The summed E-state index contributed by atoms with van der Waals surface area (Å²) in [6.07, 6.45) is 3.03. The molecule has 1 aromatic rings. The highest BCUT2D eigenvalue weighted by atomic mass is 16.6. The quantitative estimate of drug-likeness (QED) is 0.562. The van der Waals surface area contributed by atoms with Crippen molar-refractivity contribution in [2.75, 3.05) is 6.61 Å². The van der Waals surface area contributed by atoms with Crippen LogP contribution in [0, 0.1) is 10.1 Å². The molecule has 14 heavy (non-hydrogen) atoms. The predicted molar refractivity (Wildman–Crippen MR) is 50.9 cm³/mol. The zero-order valence-corrected chi connectivity index (χ0v) is 7.25. The summed E-state index contributed by atoms with van der Waals surface area (Å²) in [7, 11) is 0. The van der Waals surface area contributed by atoms with E-state index in [9.17, 15) is 15.2 Å². The standard InChI is InChI=1S/C9H9NO4/c11-5-1-2-7-3-4-8(10(13)14)9(12)6-7/h1-4,6,11-12H,5H2. The first kappa shape index (κ1) is 10.2. The third-order valence-corrected chi connectivity index (χ3v) is 1.61. The van der Waals surface area contributed by atoms with Gasteiger partial charge in [-0.15, -0.1) is 0 Å². The van der Waals surface area contributed by atoms with E-state index in [2.05, 4.69) is 0 Å². The van der Waals surface area contributed by atoms with Gasteiger partial charge in [-0.1, -0.05) is 12.2 Å². The van der Waals surface area contributed by atoms with Crippen LogP contribution in [0.2, 0.25) is 0 Å². The van der Waals surface area contributed by atoms with Crippen molar-refractivity contribution in [2.45, 2.75) is 0 Å². The van der Waals surface area contributed by atoms with Gasteiger partial charge in [0.25, 0.3) is 0 Å². The molecule has 0 atom stereocenters. The number of nitro groups is 1. The van der Waals surface area contributed by atoms with Gasteiger partial charge in [-0.3, -0.25) is 10.1 Å². The lowest BCUT2D eigenvalue weighted by atomic mass is 10.2. The number of nitro benzene ring substituents is 1. The summed E-state index contributed by atoms with van der Waals surface area (Å²) in [5.74, 6) is -0.380. The van der Waals surface area contributed by atoms with E-state index < -0.39 is 4.92 Å². The Kier molecular flexibility index (Phi) is 3.19.